The van der Waals surface area contributed by atoms with Gasteiger partial charge in [0.1, 0.15) is 0 Å². The average molecular weight is 258 g/mol. The maximum Gasteiger partial charge on any atom is 0.216 e. The summed E-state index contributed by atoms with van der Waals surface area (Å²) in [5.74, 6) is 1.15. The van der Waals surface area contributed by atoms with E-state index in [0.717, 1.165) is 15.8 Å². The van der Waals surface area contributed by atoms with Gasteiger partial charge in [-0.1, -0.05) is 17.4 Å². The molecule has 0 saturated heterocycles. The molecule has 0 saturated carbocycles. The molecule has 0 unspecified atom stereocenters. The molecule has 1 aromatic carbocycles. The molecule has 6 heteroatoms. The molecule has 0 atom stereocenters. The molecule has 0 radical (unpaired) electrons. The Kier molecular flexibility index (Phi) is 2.56. The third kappa shape index (κ3) is 1.76. The van der Waals surface area contributed by atoms with Crippen molar-refractivity contribution < 1.29 is 4.74 Å². The zero-order valence-corrected chi connectivity index (χ0v) is 10.4. The fourth-order valence-corrected chi connectivity index (χ4v) is 2.57. The van der Waals surface area contributed by atoms with E-state index >= 15 is 0 Å². The van der Waals surface area contributed by atoms with Gasteiger partial charge in [-0.05, 0) is 12.1 Å². The number of rotatable bonds is 2. The smallest absolute Gasteiger partial charge is 0.216 e. The van der Waals surface area contributed by atoms with Crippen molar-refractivity contribution in [3.8, 4) is 17.3 Å². The van der Waals surface area contributed by atoms with Crippen LogP contribution >= 0.6 is 11.3 Å². The summed E-state index contributed by atoms with van der Waals surface area (Å²) in [6, 6.07) is 7.50. The van der Waals surface area contributed by atoms with Gasteiger partial charge in [0.05, 0.1) is 17.3 Å². The van der Waals surface area contributed by atoms with Gasteiger partial charge in [0.25, 0.3) is 0 Å². The Labute approximate surface area is 107 Å². The Hall–Kier alpha value is -2.21. The minimum Gasteiger partial charge on any atom is -0.481 e. The minimum atomic E-state index is 0.537. The number of nitrogens with two attached hydrogens (primary N) is 1. The Bertz CT molecular complexity index is 710. The van der Waals surface area contributed by atoms with E-state index in [2.05, 4.69) is 15.0 Å². The lowest BCUT2D eigenvalue weighted by atomic mass is 10.2. The molecule has 3 rings (SSSR count). The van der Waals surface area contributed by atoms with Crippen LogP contribution in [0.3, 0.4) is 0 Å². The third-order valence-electron chi connectivity index (χ3n) is 2.51. The van der Waals surface area contributed by atoms with Crippen LogP contribution in [0.2, 0.25) is 0 Å². The highest BCUT2D eigenvalue weighted by Gasteiger charge is 2.10. The van der Waals surface area contributed by atoms with Crippen LogP contribution < -0.4 is 10.5 Å². The summed E-state index contributed by atoms with van der Waals surface area (Å²) < 4.78 is 6.09. The van der Waals surface area contributed by atoms with Crippen molar-refractivity contribution in [1.29, 1.82) is 0 Å². The first-order chi connectivity index (χ1) is 8.78. The van der Waals surface area contributed by atoms with E-state index in [1.54, 1.807) is 19.4 Å². The molecule has 0 aliphatic heterocycles. The standard InChI is InChI=1S/C12H10N4OS/c1-17-9-5-6-14-11(16-9)7-3-2-4-8-10(7)18-12(13)15-8/h2-6H,1H3,(H2,13,15). The van der Waals surface area contributed by atoms with Gasteiger partial charge in [-0.2, -0.15) is 4.98 Å². The highest BCUT2D eigenvalue weighted by molar-refractivity contribution is 7.22. The first-order valence-corrected chi connectivity index (χ1v) is 6.12. The number of hydrogen-bond acceptors (Lipinski definition) is 6. The second kappa shape index (κ2) is 4.23. The van der Waals surface area contributed by atoms with Crippen molar-refractivity contribution in [3.05, 3.63) is 30.5 Å². The molecule has 0 fully saturated rings. The summed E-state index contributed by atoms with van der Waals surface area (Å²) in [6.07, 6.45) is 1.67. The monoisotopic (exact) mass is 258 g/mol. The van der Waals surface area contributed by atoms with E-state index in [-0.39, 0.29) is 0 Å². The number of nitrogens with zero attached hydrogens (tertiary/aromatic N) is 3. The minimum absolute atomic E-state index is 0.537. The second-order valence-corrected chi connectivity index (χ2v) is 4.66. The van der Waals surface area contributed by atoms with E-state index in [9.17, 15) is 0 Å². The molecule has 18 heavy (non-hydrogen) atoms. The highest BCUT2D eigenvalue weighted by atomic mass is 32.1. The van der Waals surface area contributed by atoms with Crippen LogP contribution in [0.25, 0.3) is 21.6 Å². The summed E-state index contributed by atoms with van der Waals surface area (Å²) >= 11 is 1.43. The number of hydrogen-bond donors (Lipinski definition) is 1. The molecule has 3 aromatic rings. The predicted molar refractivity (Wildman–Crippen MR) is 71.6 cm³/mol. The number of fused-ring (bicyclic) bond motifs is 1. The molecular weight excluding hydrogens is 248 g/mol. The summed E-state index contributed by atoms with van der Waals surface area (Å²) in [5, 5.41) is 0.542. The number of ether oxygens (including phenoxy) is 1. The molecule has 5 nitrogen and oxygen atoms in total. The van der Waals surface area contributed by atoms with Crippen LogP contribution in [0, 0.1) is 0 Å². The predicted octanol–water partition coefficient (Wildman–Crippen LogP) is 2.34. The average Bonchev–Trinajstić information content (AvgIpc) is 2.78. The Balaban J connectivity index is 2.24. The fraction of sp³-hybridized carbons (Fsp3) is 0.0833. The molecule has 90 valence electrons. The van der Waals surface area contributed by atoms with Gasteiger partial charge in [0.2, 0.25) is 5.88 Å². The molecule has 0 bridgehead atoms. The van der Waals surface area contributed by atoms with Crippen LogP contribution in [-0.4, -0.2) is 22.1 Å². The Morgan fingerprint density at radius 2 is 2.11 bits per heavy atom. The zero-order chi connectivity index (χ0) is 12.5. The lowest BCUT2D eigenvalue weighted by Gasteiger charge is -2.03. The van der Waals surface area contributed by atoms with Crippen LogP contribution in [0.4, 0.5) is 5.13 Å². The number of anilines is 1. The third-order valence-corrected chi connectivity index (χ3v) is 3.45. The van der Waals surface area contributed by atoms with Gasteiger partial charge in [-0.15, -0.1) is 0 Å². The van der Waals surface area contributed by atoms with Crippen LogP contribution in [0.1, 0.15) is 0 Å². The molecule has 0 aliphatic carbocycles. The van der Waals surface area contributed by atoms with Crippen LogP contribution in [0.5, 0.6) is 5.88 Å². The molecular formula is C12H10N4OS. The van der Waals surface area contributed by atoms with Gasteiger partial charge < -0.3 is 10.5 Å². The maximum atomic E-state index is 5.74. The molecule has 0 amide bonds. The fourth-order valence-electron chi connectivity index (χ4n) is 1.73. The molecule has 0 spiro atoms. The molecule has 2 N–H and O–H groups in total. The van der Waals surface area contributed by atoms with Crippen molar-refractivity contribution in [1.82, 2.24) is 15.0 Å². The quantitative estimate of drug-likeness (QED) is 0.763. The first kappa shape index (κ1) is 10.9. The molecule has 0 aliphatic rings. The zero-order valence-electron chi connectivity index (χ0n) is 9.62. The SMILES string of the molecule is COc1ccnc(-c2cccc3nc(N)sc23)n1. The lowest BCUT2D eigenvalue weighted by molar-refractivity contribution is 0.397. The maximum absolute atomic E-state index is 5.74. The Morgan fingerprint density at radius 3 is 2.94 bits per heavy atom. The topological polar surface area (TPSA) is 73.9 Å². The molecule has 2 heterocycles. The summed E-state index contributed by atoms with van der Waals surface area (Å²) in [6.45, 7) is 0. The van der Waals surface area contributed by atoms with Gasteiger partial charge >= 0.3 is 0 Å². The van der Waals surface area contributed by atoms with Gasteiger partial charge in [0, 0.05) is 17.8 Å². The summed E-state index contributed by atoms with van der Waals surface area (Å²) in [4.78, 5) is 12.8. The molecule has 2 aromatic heterocycles. The normalized spacial score (nSPS) is 10.7. The van der Waals surface area contributed by atoms with Crippen molar-refractivity contribution in [2.24, 2.45) is 0 Å². The summed E-state index contributed by atoms with van der Waals surface area (Å²) in [5.41, 5.74) is 7.52. The number of benzene rings is 1. The van der Waals surface area contributed by atoms with Gasteiger partial charge in [-0.3, -0.25) is 0 Å². The van der Waals surface area contributed by atoms with Crippen LogP contribution in [-0.2, 0) is 0 Å². The second-order valence-electron chi connectivity index (χ2n) is 3.63. The number of nitrogen functional groups attached to an aromatic ring is 1. The number of thiazole rings is 1. The van der Waals surface area contributed by atoms with E-state index in [0.29, 0.717) is 16.8 Å². The number of methoxy groups -OCH3 is 1. The van der Waals surface area contributed by atoms with Crippen molar-refractivity contribution in [2.75, 3.05) is 12.8 Å². The van der Waals surface area contributed by atoms with Crippen LogP contribution in [0.15, 0.2) is 30.5 Å². The van der Waals surface area contributed by atoms with E-state index in [1.807, 2.05) is 18.2 Å². The van der Waals surface area contributed by atoms with Gasteiger partial charge in [-0.25, -0.2) is 9.97 Å². The Morgan fingerprint density at radius 1 is 1.22 bits per heavy atom. The van der Waals surface area contributed by atoms with E-state index in [1.165, 1.54) is 11.3 Å². The lowest BCUT2D eigenvalue weighted by Crippen LogP contribution is -1.92. The van der Waals surface area contributed by atoms with Crippen molar-refractivity contribution in [2.45, 2.75) is 0 Å². The highest BCUT2D eigenvalue weighted by Crippen LogP contribution is 2.32. The summed E-state index contributed by atoms with van der Waals surface area (Å²) in [7, 11) is 1.58. The first-order valence-electron chi connectivity index (χ1n) is 5.30. The largest absolute Gasteiger partial charge is 0.481 e. The van der Waals surface area contributed by atoms with Crippen molar-refractivity contribution in [3.63, 3.8) is 0 Å². The van der Waals surface area contributed by atoms with E-state index < -0.39 is 0 Å². The van der Waals surface area contributed by atoms with Gasteiger partial charge in [0.15, 0.2) is 11.0 Å². The number of aromatic nitrogens is 3. The van der Waals surface area contributed by atoms with Crippen molar-refractivity contribution >= 4 is 26.7 Å². The van der Waals surface area contributed by atoms with E-state index in [4.69, 9.17) is 10.5 Å².